The van der Waals surface area contributed by atoms with Crippen molar-refractivity contribution < 1.29 is 23.2 Å². The first-order valence-electron chi connectivity index (χ1n) is 8.44. The Labute approximate surface area is 157 Å². The van der Waals surface area contributed by atoms with Crippen molar-refractivity contribution in [3.63, 3.8) is 0 Å². The molecule has 0 unspecified atom stereocenters. The van der Waals surface area contributed by atoms with E-state index in [-0.39, 0.29) is 4.90 Å². The monoisotopic (exact) mass is 391 g/mol. The molecular formula is C18H21N3O5S. The molecule has 3 rings (SSSR count). The maximum absolute atomic E-state index is 12.7. The predicted octanol–water partition coefficient (Wildman–Crippen LogP) is 1.08. The molecule has 2 heterocycles. The number of ether oxygens (including phenoxy) is 1. The summed E-state index contributed by atoms with van der Waals surface area (Å²) >= 11 is 0. The van der Waals surface area contributed by atoms with Crippen molar-refractivity contribution in [2.24, 2.45) is 0 Å². The number of hydrogen-bond acceptors (Lipinski definition) is 6. The van der Waals surface area contributed by atoms with Gasteiger partial charge < -0.3 is 4.74 Å². The Balaban J connectivity index is 1.72. The standard InChI is InChI=1S/C18H21N3O5S/c22-18(19-23)6-3-16-7-8-21(14-16)27(24,25)17-4-1-15(2-5-17)13-20-9-11-26-12-10-20/h1-8,14,23H,9-13H2,(H,19,22)/b6-3+. The first-order chi connectivity index (χ1) is 13.0. The SMILES string of the molecule is O=C(/C=C/c1ccn(S(=O)(=O)c2ccc(CN3CCOCC3)cc2)c1)NO. The molecule has 2 N–H and O–H groups in total. The molecule has 1 aromatic carbocycles. The zero-order valence-electron chi connectivity index (χ0n) is 14.6. The number of morpholine rings is 1. The Morgan fingerprint density at radius 1 is 1.19 bits per heavy atom. The van der Waals surface area contributed by atoms with Crippen LogP contribution in [0.2, 0.25) is 0 Å². The van der Waals surface area contributed by atoms with Crippen LogP contribution in [0.1, 0.15) is 11.1 Å². The van der Waals surface area contributed by atoms with Crippen LogP contribution in [0.5, 0.6) is 0 Å². The number of hydroxylamine groups is 1. The van der Waals surface area contributed by atoms with Crippen molar-refractivity contribution in [2.75, 3.05) is 26.3 Å². The van der Waals surface area contributed by atoms with Crippen molar-refractivity contribution in [2.45, 2.75) is 11.4 Å². The second-order valence-electron chi connectivity index (χ2n) is 6.12. The van der Waals surface area contributed by atoms with Crippen LogP contribution in [-0.4, -0.2) is 54.7 Å². The number of nitrogens with one attached hydrogen (secondary N) is 1. The molecule has 1 aromatic heterocycles. The highest BCUT2D eigenvalue weighted by Gasteiger charge is 2.17. The fourth-order valence-electron chi connectivity index (χ4n) is 2.76. The van der Waals surface area contributed by atoms with E-state index in [0.29, 0.717) is 5.56 Å². The van der Waals surface area contributed by atoms with Gasteiger partial charge in [0.1, 0.15) is 0 Å². The summed E-state index contributed by atoms with van der Waals surface area (Å²) in [6.45, 7) is 3.94. The van der Waals surface area contributed by atoms with Crippen LogP contribution in [0.25, 0.3) is 6.08 Å². The van der Waals surface area contributed by atoms with E-state index in [1.807, 2.05) is 12.1 Å². The second kappa shape index (κ2) is 8.49. The molecule has 144 valence electrons. The summed E-state index contributed by atoms with van der Waals surface area (Å²) in [6.07, 6.45) is 5.32. The summed E-state index contributed by atoms with van der Waals surface area (Å²) < 4.78 is 31.9. The van der Waals surface area contributed by atoms with Crippen LogP contribution in [0.4, 0.5) is 0 Å². The third-order valence-corrected chi connectivity index (χ3v) is 5.89. The van der Waals surface area contributed by atoms with E-state index < -0.39 is 15.9 Å². The largest absolute Gasteiger partial charge is 0.379 e. The molecule has 27 heavy (non-hydrogen) atoms. The maximum Gasteiger partial charge on any atom is 0.267 e. The van der Waals surface area contributed by atoms with Gasteiger partial charge in [-0.3, -0.25) is 14.9 Å². The molecule has 0 bridgehead atoms. The van der Waals surface area contributed by atoms with E-state index in [4.69, 9.17) is 9.94 Å². The van der Waals surface area contributed by atoms with E-state index >= 15 is 0 Å². The molecule has 0 atom stereocenters. The molecule has 1 fully saturated rings. The Kier molecular flexibility index (Phi) is 6.07. The van der Waals surface area contributed by atoms with Gasteiger partial charge in [0.2, 0.25) is 0 Å². The first-order valence-corrected chi connectivity index (χ1v) is 9.88. The quantitative estimate of drug-likeness (QED) is 0.434. The zero-order chi connectivity index (χ0) is 19.3. The minimum atomic E-state index is -3.71. The number of amides is 1. The smallest absolute Gasteiger partial charge is 0.267 e. The zero-order valence-corrected chi connectivity index (χ0v) is 15.4. The lowest BCUT2D eigenvalue weighted by Crippen LogP contribution is -2.35. The number of hydrogen-bond donors (Lipinski definition) is 2. The molecule has 1 aliphatic heterocycles. The van der Waals surface area contributed by atoms with E-state index in [2.05, 4.69) is 4.90 Å². The number of carbonyl (C=O) groups is 1. The maximum atomic E-state index is 12.7. The minimum Gasteiger partial charge on any atom is -0.379 e. The third-order valence-electron chi connectivity index (χ3n) is 4.24. The summed E-state index contributed by atoms with van der Waals surface area (Å²) in [5.41, 5.74) is 3.03. The van der Waals surface area contributed by atoms with Crippen LogP contribution in [0, 0.1) is 0 Å². The van der Waals surface area contributed by atoms with Gasteiger partial charge in [-0.1, -0.05) is 12.1 Å². The Morgan fingerprint density at radius 2 is 1.89 bits per heavy atom. The average molecular weight is 391 g/mol. The van der Waals surface area contributed by atoms with Gasteiger partial charge in [0, 0.05) is 38.1 Å². The summed E-state index contributed by atoms with van der Waals surface area (Å²) in [4.78, 5) is 13.5. The highest BCUT2D eigenvalue weighted by molar-refractivity contribution is 7.90. The topological polar surface area (TPSA) is 101 Å². The molecule has 0 aliphatic carbocycles. The van der Waals surface area contributed by atoms with E-state index in [0.717, 1.165) is 48.5 Å². The van der Waals surface area contributed by atoms with Gasteiger partial charge in [0.25, 0.3) is 15.9 Å². The van der Waals surface area contributed by atoms with Crippen LogP contribution >= 0.6 is 0 Å². The molecular weight excluding hydrogens is 370 g/mol. The number of nitrogens with zero attached hydrogens (tertiary/aromatic N) is 2. The van der Waals surface area contributed by atoms with Crippen LogP contribution in [0.15, 0.2) is 53.7 Å². The van der Waals surface area contributed by atoms with E-state index in [9.17, 15) is 13.2 Å². The summed E-state index contributed by atoms with van der Waals surface area (Å²) in [6, 6.07) is 8.39. The lowest BCUT2D eigenvalue weighted by Gasteiger charge is -2.26. The minimum absolute atomic E-state index is 0.187. The van der Waals surface area contributed by atoms with Gasteiger partial charge in [0.15, 0.2) is 0 Å². The Hall–Kier alpha value is -2.46. The van der Waals surface area contributed by atoms with Crippen molar-refractivity contribution in [1.29, 1.82) is 0 Å². The molecule has 1 saturated heterocycles. The van der Waals surface area contributed by atoms with E-state index in [1.165, 1.54) is 23.9 Å². The number of rotatable bonds is 6. The van der Waals surface area contributed by atoms with Crippen LogP contribution in [0.3, 0.4) is 0 Å². The van der Waals surface area contributed by atoms with Gasteiger partial charge in [0.05, 0.1) is 18.1 Å². The van der Waals surface area contributed by atoms with Crippen molar-refractivity contribution in [1.82, 2.24) is 14.4 Å². The van der Waals surface area contributed by atoms with E-state index in [1.54, 1.807) is 18.2 Å². The number of aromatic nitrogens is 1. The Morgan fingerprint density at radius 3 is 2.56 bits per heavy atom. The molecule has 2 aromatic rings. The fraction of sp³-hybridized carbons (Fsp3) is 0.278. The lowest BCUT2D eigenvalue weighted by atomic mass is 10.2. The molecule has 0 radical (unpaired) electrons. The molecule has 0 spiro atoms. The molecule has 9 heteroatoms. The summed E-state index contributed by atoms with van der Waals surface area (Å²) in [7, 11) is -3.71. The molecule has 0 saturated carbocycles. The third kappa shape index (κ3) is 4.83. The van der Waals surface area contributed by atoms with Crippen LogP contribution < -0.4 is 5.48 Å². The van der Waals surface area contributed by atoms with Crippen molar-refractivity contribution >= 4 is 22.0 Å². The van der Waals surface area contributed by atoms with Crippen molar-refractivity contribution in [3.8, 4) is 0 Å². The summed E-state index contributed by atoms with van der Waals surface area (Å²) in [5, 5.41) is 8.46. The molecule has 8 nitrogen and oxygen atoms in total. The van der Waals surface area contributed by atoms with Gasteiger partial charge >= 0.3 is 0 Å². The van der Waals surface area contributed by atoms with Gasteiger partial charge in [-0.15, -0.1) is 0 Å². The average Bonchev–Trinajstić information content (AvgIpc) is 3.17. The van der Waals surface area contributed by atoms with Gasteiger partial charge in [-0.2, -0.15) is 0 Å². The fourth-order valence-corrected chi connectivity index (χ4v) is 3.96. The number of carbonyl (C=O) groups excluding carboxylic acids is 1. The number of benzene rings is 1. The van der Waals surface area contributed by atoms with Gasteiger partial charge in [-0.25, -0.2) is 17.9 Å². The molecule has 1 amide bonds. The predicted molar refractivity (Wildman–Crippen MR) is 98.5 cm³/mol. The highest BCUT2D eigenvalue weighted by atomic mass is 32.2. The normalized spacial score (nSPS) is 15.9. The molecule has 1 aliphatic rings. The van der Waals surface area contributed by atoms with Gasteiger partial charge in [-0.05, 0) is 35.4 Å². The second-order valence-corrected chi connectivity index (χ2v) is 7.96. The lowest BCUT2D eigenvalue weighted by molar-refractivity contribution is -0.124. The highest BCUT2D eigenvalue weighted by Crippen LogP contribution is 2.17. The first kappa shape index (κ1) is 19.3. The van der Waals surface area contributed by atoms with Crippen molar-refractivity contribution in [3.05, 3.63) is 59.9 Å². The van der Waals surface area contributed by atoms with Crippen LogP contribution in [-0.2, 0) is 26.1 Å². The Bertz CT molecular complexity index is 913. The summed E-state index contributed by atoms with van der Waals surface area (Å²) in [5.74, 6) is -0.693.